The number of amides is 1. The van der Waals surface area contributed by atoms with Gasteiger partial charge in [0.1, 0.15) is 11.4 Å². The van der Waals surface area contributed by atoms with E-state index in [1.165, 1.54) is 15.6 Å². The summed E-state index contributed by atoms with van der Waals surface area (Å²) < 4.78 is 52.3. The minimum atomic E-state index is -4.01. The molecule has 6 aromatic rings. The van der Waals surface area contributed by atoms with Gasteiger partial charge in [0.25, 0.3) is 10.0 Å². The van der Waals surface area contributed by atoms with E-state index < -0.39 is 21.4 Å². The molecule has 3 aromatic heterocycles. The fourth-order valence-corrected chi connectivity index (χ4v) is 7.65. The molecule has 0 unspecified atom stereocenters. The van der Waals surface area contributed by atoms with Gasteiger partial charge in [0.05, 0.1) is 10.6 Å². The molecule has 4 heterocycles. The van der Waals surface area contributed by atoms with Gasteiger partial charge in [-0.1, -0.05) is 66.2 Å². The van der Waals surface area contributed by atoms with Crippen molar-refractivity contribution in [3.63, 3.8) is 0 Å². The lowest BCUT2D eigenvalue weighted by Crippen LogP contribution is -2.39. The van der Waals surface area contributed by atoms with Crippen LogP contribution in [0.5, 0.6) is 0 Å². The zero-order chi connectivity index (χ0) is 36.6. The molecule has 0 saturated heterocycles. The Morgan fingerprint density at radius 2 is 1.71 bits per heavy atom. The number of benzene rings is 3. The molecule has 0 aliphatic carbocycles. The topological polar surface area (TPSA) is 99.3 Å². The van der Waals surface area contributed by atoms with Crippen molar-refractivity contribution in [1.29, 1.82) is 0 Å². The quantitative estimate of drug-likeness (QED) is 0.157. The van der Waals surface area contributed by atoms with Crippen LogP contribution in [0.2, 0.25) is 0 Å². The first-order valence-corrected chi connectivity index (χ1v) is 18.7. The Morgan fingerprint density at radius 3 is 2.40 bits per heavy atom. The second-order valence-corrected chi connectivity index (χ2v) is 15.9. The summed E-state index contributed by atoms with van der Waals surface area (Å²) in [6.45, 7) is 8.78. The highest BCUT2D eigenvalue weighted by Gasteiger charge is 2.26. The average Bonchev–Trinajstić information content (AvgIpc) is 3.76. The van der Waals surface area contributed by atoms with Crippen LogP contribution in [0.25, 0.3) is 39.0 Å². The van der Waals surface area contributed by atoms with Crippen LogP contribution in [0.4, 0.5) is 9.18 Å². The van der Waals surface area contributed by atoms with E-state index in [-0.39, 0.29) is 16.6 Å². The van der Waals surface area contributed by atoms with Crippen molar-refractivity contribution < 1.29 is 22.3 Å². The zero-order valence-corrected chi connectivity index (χ0v) is 30.4. The second kappa shape index (κ2) is 13.9. The number of pyridine rings is 1. The molecule has 1 amide bonds. The summed E-state index contributed by atoms with van der Waals surface area (Å²) in [5.41, 5.74) is 5.49. The third kappa shape index (κ3) is 7.27. The molecule has 1 aliphatic rings. The van der Waals surface area contributed by atoms with Crippen molar-refractivity contribution in [3.8, 4) is 22.4 Å². The van der Waals surface area contributed by atoms with E-state index in [2.05, 4.69) is 17.1 Å². The largest absolute Gasteiger partial charge is 0.444 e. The zero-order valence-electron chi connectivity index (χ0n) is 29.6. The highest BCUT2D eigenvalue weighted by molar-refractivity contribution is 7.90. The monoisotopic (exact) mass is 717 g/mol. The van der Waals surface area contributed by atoms with Gasteiger partial charge in [-0.3, -0.25) is 4.68 Å². The number of ether oxygens (including phenoxy) is 1. The summed E-state index contributed by atoms with van der Waals surface area (Å²) in [6, 6.07) is 25.6. The third-order valence-electron chi connectivity index (χ3n) is 9.09. The Labute approximate surface area is 303 Å². The van der Waals surface area contributed by atoms with Crippen LogP contribution < -0.4 is 0 Å². The molecule has 0 spiro atoms. The Balaban J connectivity index is 1.22. The van der Waals surface area contributed by atoms with Gasteiger partial charge in [0.2, 0.25) is 0 Å². The van der Waals surface area contributed by atoms with Gasteiger partial charge in [-0.25, -0.2) is 26.6 Å². The Kier molecular flexibility index (Phi) is 9.31. The van der Waals surface area contributed by atoms with E-state index in [9.17, 15) is 13.2 Å². The van der Waals surface area contributed by atoms with E-state index in [1.807, 2.05) is 81.0 Å². The first-order chi connectivity index (χ1) is 24.9. The minimum absolute atomic E-state index is 0.143. The molecular formula is C41H40FN5O4S. The van der Waals surface area contributed by atoms with Crippen LogP contribution in [-0.2, 0) is 27.7 Å². The molecule has 0 N–H and O–H groups in total. The number of halogens is 1. The molecule has 7 rings (SSSR count). The second-order valence-electron chi connectivity index (χ2n) is 14.1. The van der Waals surface area contributed by atoms with Crippen molar-refractivity contribution in [3.05, 3.63) is 132 Å². The first-order valence-electron chi connectivity index (χ1n) is 17.2. The number of aryl methyl sites for hydroxylation is 3. The highest BCUT2D eigenvalue weighted by atomic mass is 32.2. The molecule has 52 heavy (non-hydrogen) atoms. The summed E-state index contributed by atoms with van der Waals surface area (Å²) >= 11 is 0. The molecule has 9 nitrogen and oxygen atoms in total. The number of carbonyl (C=O) groups excluding carboxylic acids is 1. The van der Waals surface area contributed by atoms with E-state index >= 15 is 4.39 Å². The van der Waals surface area contributed by atoms with Gasteiger partial charge in [0.15, 0.2) is 5.65 Å². The molecule has 3 aromatic carbocycles. The van der Waals surface area contributed by atoms with Crippen molar-refractivity contribution in [2.45, 2.75) is 57.6 Å². The lowest BCUT2D eigenvalue weighted by molar-refractivity contribution is 0.0270. The van der Waals surface area contributed by atoms with Gasteiger partial charge in [-0.05, 0) is 87.6 Å². The van der Waals surface area contributed by atoms with Crippen molar-refractivity contribution >= 4 is 32.7 Å². The fourth-order valence-electron chi connectivity index (χ4n) is 6.33. The maximum absolute atomic E-state index is 15.8. The van der Waals surface area contributed by atoms with Gasteiger partial charge in [-0.15, -0.1) is 0 Å². The summed E-state index contributed by atoms with van der Waals surface area (Å²) in [6.07, 6.45) is 7.78. The Hall–Kier alpha value is -5.55. The molecule has 0 fully saturated rings. The van der Waals surface area contributed by atoms with E-state index in [0.717, 1.165) is 17.6 Å². The number of hydrogen-bond acceptors (Lipinski definition) is 6. The van der Waals surface area contributed by atoms with Gasteiger partial charge in [-0.2, -0.15) is 5.10 Å². The van der Waals surface area contributed by atoms with Gasteiger partial charge < -0.3 is 9.64 Å². The summed E-state index contributed by atoms with van der Waals surface area (Å²) in [7, 11) is -4.01. The maximum Gasteiger partial charge on any atom is 0.410 e. The molecule has 0 atom stereocenters. The van der Waals surface area contributed by atoms with Crippen LogP contribution in [0, 0.1) is 12.7 Å². The predicted molar refractivity (Wildman–Crippen MR) is 201 cm³/mol. The van der Waals surface area contributed by atoms with E-state index in [1.54, 1.807) is 47.6 Å². The highest BCUT2D eigenvalue weighted by Crippen LogP contribution is 2.35. The van der Waals surface area contributed by atoms with Crippen LogP contribution in [0.15, 0.2) is 114 Å². The predicted octanol–water partition coefficient (Wildman–Crippen LogP) is 8.52. The number of rotatable bonds is 8. The number of nitrogens with zero attached hydrogens (tertiary/aromatic N) is 5. The molecular weight excluding hydrogens is 678 g/mol. The summed E-state index contributed by atoms with van der Waals surface area (Å²) in [5, 5.41) is 5.39. The van der Waals surface area contributed by atoms with Crippen molar-refractivity contribution in [2.24, 2.45) is 0 Å². The van der Waals surface area contributed by atoms with Gasteiger partial charge in [0, 0.05) is 60.3 Å². The van der Waals surface area contributed by atoms with E-state index in [4.69, 9.17) is 9.84 Å². The minimum Gasteiger partial charge on any atom is -0.444 e. The van der Waals surface area contributed by atoms with Crippen LogP contribution in [-0.4, -0.2) is 56.8 Å². The SMILES string of the molecule is Cc1ccc(S(=O)(=O)n2cc(-c3ccn(CCc4ccccc4)n3)c3cc(-c4ccc(C5=CCN(C(=O)OC(C)(C)C)CC5)c(F)c4)cnc32)cc1. The average molecular weight is 718 g/mol. The van der Waals surface area contributed by atoms with Crippen LogP contribution in [0.3, 0.4) is 0 Å². The van der Waals surface area contributed by atoms with Crippen molar-refractivity contribution in [2.75, 3.05) is 13.1 Å². The molecule has 11 heteroatoms. The molecule has 266 valence electrons. The molecule has 0 radical (unpaired) electrons. The molecule has 0 bridgehead atoms. The number of aromatic nitrogens is 4. The maximum atomic E-state index is 15.8. The molecule has 0 saturated carbocycles. The molecule has 1 aliphatic heterocycles. The lowest BCUT2D eigenvalue weighted by atomic mass is 9.96. The number of carbonyl (C=O) groups is 1. The van der Waals surface area contributed by atoms with Gasteiger partial charge >= 0.3 is 6.09 Å². The number of hydrogen-bond donors (Lipinski definition) is 0. The summed E-state index contributed by atoms with van der Waals surface area (Å²) in [4.78, 5) is 18.9. The van der Waals surface area contributed by atoms with E-state index in [0.29, 0.717) is 59.4 Å². The Morgan fingerprint density at radius 1 is 0.942 bits per heavy atom. The third-order valence-corrected chi connectivity index (χ3v) is 10.8. The summed E-state index contributed by atoms with van der Waals surface area (Å²) in [5.74, 6) is -0.397. The number of fused-ring (bicyclic) bond motifs is 1. The van der Waals surface area contributed by atoms with Crippen LogP contribution >= 0.6 is 0 Å². The lowest BCUT2D eigenvalue weighted by Gasteiger charge is -2.29. The first kappa shape index (κ1) is 34.9. The van der Waals surface area contributed by atoms with Crippen molar-refractivity contribution in [1.82, 2.24) is 23.6 Å². The smallest absolute Gasteiger partial charge is 0.410 e. The standard InChI is InChI=1S/C41H40FN5O4S/c1-28-10-13-33(14-11-28)52(49,50)47-27-36(38-19-23-46(44-38)22-16-29-8-6-5-7-9-29)35-24-32(26-43-39(35)47)31-12-15-34(37(42)25-31)30-17-20-45(21-18-30)40(48)51-41(2,3)4/h5-15,17,19,23-27H,16,18,20-22H2,1-4H3. The fraction of sp³-hybridized carbons (Fsp3) is 0.244. The Bertz CT molecular complexity index is 2410. The van der Waals surface area contributed by atoms with Crippen LogP contribution in [0.1, 0.15) is 43.9 Å². The normalized spacial score (nSPS) is 13.7.